The van der Waals surface area contributed by atoms with E-state index in [2.05, 4.69) is 25.1 Å². The van der Waals surface area contributed by atoms with E-state index in [9.17, 15) is 9.59 Å². The molecular formula is C17H21N5O3. The molecule has 0 radical (unpaired) electrons. The molecule has 0 aliphatic carbocycles. The summed E-state index contributed by atoms with van der Waals surface area (Å²) in [5.74, 6) is 0.544. The van der Waals surface area contributed by atoms with Crippen molar-refractivity contribution in [2.45, 2.75) is 45.6 Å². The third-order valence-electron chi connectivity index (χ3n) is 4.37. The van der Waals surface area contributed by atoms with Gasteiger partial charge in [0.15, 0.2) is 0 Å². The monoisotopic (exact) mass is 343 g/mol. The highest BCUT2D eigenvalue weighted by Gasteiger charge is 2.16. The largest absolute Gasteiger partial charge is 0.478 e. The van der Waals surface area contributed by atoms with E-state index in [-0.39, 0.29) is 17.2 Å². The summed E-state index contributed by atoms with van der Waals surface area (Å²) >= 11 is 0. The topological polar surface area (TPSA) is 110 Å². The Kier molecular flexibility index (Phi) is 5.06. The van der Waals surface area contributed by atoms with Crippen molar-refractivity contribution in [3.05, 3.63) is 40.7 Å². The molecule has 0 fully saturated rings. The molecule has 0 bridgehead atoms. The summed E-state index contributed by atoms with van der Waals surface area (Å²) in [7, 11) is 0. The normalized spacial score (nSPS) is 13.8. The molecule has 3 rings (SSSR count). The number of rotatable bonds is 5. The minimum absolute atomic E-state index is 0.0997. The van der Waals surface area contributed by atoms with Crippen LogP contribution in [0.4, 0.5) is 0 Å². The number of amides is 1. The van der Waals surface area contributed by atoms with Gasteiger partial charge in [0.25, 0.3) is 5.91 Å². The second-order valence-electron chi connectivity index (χ2n) is 6.14. The number of fused-ring (bicyclic) bond motifs is 1. The third kappa shape index (κ3) is 3.84. The number of aromatic nitrogens is 4. The Labute approximate surface area is 145 Å². The fourth-order valence-corrected chi connectivity index (χ4v) is 3.02. The molecule has 8 heteroatoms. The van der Waals surface area contributed by atoms with Gasteiger partial charge in [-0.25, -0.2) is 9.78 Å². The molecule has 0 spiro atoms. The number of carbonyl (C=O) groups is 2. The van der Waals surface area contributed by atoms with Crippen molar-refractivity contribution in [1.82, 2.24) is 25.1 Å². The van der Waals surface area contributed by atoms with E-state index in [0.717, 1.165) is 37.5 Å². The van der Waals surface area contributed by atoms with Crippen molar-refractivity contribution < 1.29 is 14.7 Å². The Bertz CT molecular complexity index is 800. The highest BCUT2D eigenvalue weighted by molar-refractivity contribution is 5.94. The van der Waals surface area contributed by atoms with E-state index in [4.69, 9.17) is 5.11 Å². The minimum atomic E-state index is -1.05. The zero-order valence-electron chi connectivity index (χ0n) is 14.2. The van der Waals surface area contributed by atoms with Crippen molar-refractivity contribution >= 4 is 11.9 Å². The number of aryl methyl sites for hydroxylation is 2. The van der Waals surface area contributed by atoms with Crippen LogP contribution in [-0.2, 0) is 19.4 Å². The SMILES string of the molecule is Cc1nc(C(=O)NCCc2nnc3n2CCCCC3)ccc1C(=O)O. The highest BCUT2D eigenvalue weighted by Crippen LogP contribution is 2.14. The van der Waals surface area contributed by atoms with Gasteiger partial charge in [-0.2, -0.15) is 0 Å². The van der Waals surface area contributed by atoms with Crippen molar-refractivity contribution in [3.63, 3.8) is 0 Å². The molecule has 2 aromatic heterocycles. The molecule has 0 aromatic carbocycles. The molecular weight excluding hydrogens is 322 g/mol. The van der Waals surface area contributed by atoms with E-state index < -0.39 is 5.97 Å². The van der Waals surface area contributed by atoms with Crippen LogP contribution in [0.2, 0.25) is 0 Å². The Hall–Kier alpha value is -2.77. The van der Waals surface area contributed by atoms with Gasteiger partial charge in [-0.3, -0.25) is 4.79 Å². The number of pyridine rings is 1. The fourth-order valence-electron chi connectivity index (χ4n) is 3.02. The van der Waals surface area contributed by atoms with Crippen LogP contribution in [0, 0.1) is 6.92 Å². The van der Waals surface area contributed by atoms with Gasteiger partial charge >= 0.3 is 5.97 Å². The van der Waals surface area contributed by atoms with Gasteiger partial charge in [-0.15, -0.1) is 10.2 Å². The number of hydrogen-bond donors (Lipinski definition) is 2. The van der Waals surface area contributed by atoms with Crippen LogP contribution in [0.15, 0.2) is 12.1 Å². The molecule has 25 heavy (non-hydrogen) atoms. The van der Waals surface area contributed by atoms with Crippen LogP contribution in [0.1, 0.15) is 57.5 Å². The standard InChI is InChI=1S/C17H21N5O3/c1-11-12(17(24)25)6-7-13(19-11)16(23)18-9-8-15-21-20-14-5-3-2-4-10-22(14)15/h6-7H,2-5,8-10H2,1H3,(H,18,23)(H,24,25). The van der Waals surface area contributed by atoms with Crippen molar-refractivity contribution in [3.8, 4) is 0 Å². The van der Waals surface area contributed by atoms with E-state index in [1.54, 1.807) is 6.92 Å². The quantitative estimate of drug-likeness (QED) is 0.848. The first kappa shape index (κ1) is 17.1. The molecule has 3 heterocycles. The van der Waals surface area contributed by atoms with Crippen molar-refractivity contribution in [2.24, 2.45) is 0 Å². The van der Waals surface area contributed by atoms with E-state index in [1.807, 2.05) is 0 Å². The van der Waals surface area contributed by atoms with Gasteiger partial charge in [-0.05, 0) is 31.9 Å². The summed E-state index contributed by atoms with van der Waals surface area (Å²) < 4.78 is 2.16. The predicted molar refractivity (Wildman–Crippen MR) is 89.5 cm³/mol. The van der Waals surface area contributed by atoms with E-state index in [1.165, 1.54) is 18.6 Å². The lowest BCUT2D eigenvalue weighted by molar-refractivity contribution is 0.0694. The number of carboxylic acids is 1. The van der Waals surface area contributed by atoms with E-state index >= 15 is 0 Å². The summed E-state index contributed by atoms with van der Waals surface area (Å²) in [6, 6.07) is 2.83. The zero-order chi connectivity index (χ0) is 17.8. The second-order valence-corrected chi connectivity index (χ2v) is 6.14. The van der Waals surface area contributed by atoms with Crippen LogP contribution in [0.3, 0.4) is 0 Å². The lowest BCUT2D eigenvalue weighted by atomic mass is 10.2. The smallest absolute Gasteiger partial charge is 0.337 e. The number of nitrogens with one attached hydrogen (secondary N) is 1. The van der Waals surface area contributed by atoms with Gasteiger partial charge in [0.1, 0.15) is 17.3 Å². The molecule has 0 saturated carbocycles. The molecule has 2 aromatic rings. The maximum atomic E-state index is 12.2. The number of hydrogen-bond acceptors (Lipinski definition) is 5. The Morgan fingerprint density at radius 3 is 2.84 bits per heavy atom. The minimum Gasteiger partial charge on any atom is -0.478 e. The van der Waals surface area contributed by atoms with Crippen LogP contribution in [0.5, 0.6) is 0 Å². The third-order valence-corrected chi connectivity index (χ3v) is 4.37. The first-order valence-corrected chi connectivity index (χ1v) is 8.46. The summed E-state index contributed by atoms with van der Waals surface area (Å²) in [6.07, 6.45) is 5.04. The Balaban J connectivity index is 1.59. The molecule has 2 N–H and O–H groups in total. The molecule has 0 unspecified atom stereocenters. The van der Waals surface area contributed by atoms with E-state index in [0.29, 0.717) is 18.7 Å². The molecule has 1 aliphatic heterocycles. The van der Waals surface area contributed by atoms with Crippen molar-refractivity contribution in [1.29, 1.82) is 0 Å². The molecule has 0 atom stereocenters. The lowest BCUT2D eigenvalue weighted by Gasteiger charge is -2.08. The first-order chi connectivity index (χ1) is 12.1. The number of carbonyl (C=O) groups excluding carboxylic acids is 1. The molecule has 8 nitrogen and oxygen atoms in total. The highest BCUT2D eigenvalue weighted by atomic mass is 16.4. The second kappa shape index (κ2) is 7.42. The average molecular weight is 343 g/mol. The van der Waals surface area contributed by atoms with Crippen LogP contribution >= 0.6 is 0 Å². The average Bonchev–Trinajstić information content (AvgIpc) is 2.81. The summed E-state index contributed by atoms with van der Waals surface area (Å²) in [5.41, 5.74) is 0.633. The summed E-state index contributed by atoms with van der Waals surface area (Å²) in [6.45, 7) is 2.94. The van der Waals surface area contributed by atoms with Crippen LogP contribution in [0.25, 0.3) is 0 Å². The van der Waals surface area contributed by atoms with Gasteiger partial charge in [0.2, 0.25) is 0 Å². The first-order valence-electron chi connectivity index (χ1n) is 8.46. The van der Waals surface area contributed by atoms with Gasteiger partial charge in [0, 0.05) is 25.9 Å². The molecule has 1 amide bonds. The summed E-state index contributed by atoms with van der Waals surface area (Å²) in [5, 5.41) is 20.3. The molecule has 0 saturated heterocycles. The van der Waals surface area contributed by atoms with Gasteiger partial charge in [0.05, 0.1) is 11.3 Å². The maximum Gasteiger partial charge on any atom is 0.337 e. The van der Waals surface area contributed by atoms with Crippen LogP contribution < -0.4 is 5.32 Å². The maximum absolute atomic E-state index is 12.2. The fraction of sp³-hybridized carbons (Fsp3) is 0.471. The Morgan fingerprint density at radius 1 is 1.24 bits per heavy atom. The zero-order valence-corrected chi connectivity index (χ0v) is 14.2. The number of aromatic carboxylic acids is 1. The number of carboxylic acid groups (broad SMARTS) is 1. The van der Waals surface area contributed by atoms with Gasteiger partial charge < -0.3 is 15.0 Å². The van der Waals surface area contributed by atoms with Crippen molar-refractivity contribution in [2.75, 3.05) is 6.54 Å². The lowest BCUT2D eigenvalue weighted by Crippen LogP contribution is -2.27. The Morgan fingerprint density at radius 2 is 2.08 bits per heavy atom. The molecule has 1 aliphatic rings. The summed E-state index contributed by atoms with van der Waals surface area (Å²) in [4.78, 5) is 27.2. The number of nitrogens with zero attached hydrogens (tertiary/aromatic N) is 4. The van der Waals surface area contributed by atoms with Crippen LogP contribution in [-0.4, -0.2) is 43.3 Å². The van der Waals surface area contributed by atoms with Gasteiger partial charge in [-0.1, -0.05) is 6.42 Å². The molecule has 132 valence electrons. The predicted octanol–water partition coefficient (Wildman–Crippen LogP) is 1.38.